The van der Waals surface area contributed by atoms with Crippen molar-refractivity contribution in [2.24, 2.45) is 0 Å². The van der Waals surface area contributed by atoms with Crippen LogP contribution in [-0.4, -0.2) is 17.6 Å². The molecular weight excluding hydrogens is 323 g/mol. The molecule has 0 radical (unpaired) electrons. The minimum atomic E-state index is -0.162. The van der Waals surface area contributed by atoms with Gasteiger partial charge in [-0.3, -0.25) is 4.79 Å². The van der Waals surface area contributed by atoms with Crippen molar-refractivity contribution in [2.45, 2.75) is 13.2 Å². The van der Waals surface area contributed by atoms with E-state index in [0.717, 1.165) is 11.1 Å². The molecule has 4 nitrogen and oxygen atoms in total. The summed E-state index contributed by atoms with van der Waals surface area (Å²) in [5.74, 6) is -0.162. The maximum atomic E-state index is 11.8. The van der Waals surface area contributed by atoms with Crippen LogP contribution in [0.2, 0.25) is 10.0 Å². The summed E-state index contributed by atoms with van der Waals surface area (Å²) in [6, 6.07) is 12.4. The van der Waals surface area contributed by atoms with E-state index >= 15 is 0 Å². The molecule has 2 rings (SSSR count). The third kappa shape index (κ3) is 4.91. The molecule has 0 aliphatic heterocycles. The minimum absolute atomic E-state index is 0.0766. The van der Waals surface area contributed by atoms with Crippen molar-refractivity contribution in [2.75, 3.05) is 11.9 Å². The van der Waals surface area contributed by atoms with Crippen LogP contribution in [0.15, 0.2) is 42.5 Å². The van der Waals surface area contributed by atoms with Crippen LogP contribution < -0.4 is 10.6 Å². The van der Waals surface area contributed by atoms with E-state index in [1.807, 2.05) is 12.1 Å². The summed E-state index contributed by atoms with van der Waals surface area (Å²) < 4.78 is 0. The van der Waals surface area contributed by atoms with Gasteiger partial charge in [0.25, 0.3) is 0 Å². The largest absolute Gasteiger partial charge is 0.392 e. The number of hydrogen-bond acceptors (Lipinski definition) is 3. The molecule has 1 amide bonds. The lowest BCUT2D eigenvalue weighted by Gasteiger charge is -2.10. The molecule has 2 aromatic rings. The number of carbonyl (C=O) groups excluding carboxylic acids is 1. The van der Waals surface area contributed by atoms with Crippen LogP contribution in [0, 0.1) is 0 Å². The molecular formula is C16H16Cl2N2O2. The first-order chi connectivity index (χ1) is 10.6. The molecule has 0 saturated heterocycles. The molecule has 3 N–H and O–H groups in total. The Hall–Kier alpha value is -1.75. The van der Waals surface area contributed by atoms with Crippen LogP contribution >= 0.6 is 23.2 Å². The van der Waals surface area contributed by atoms with Crippen LogP contribution in [0.4, 0.5) is 5.69 Å². The summed E-state index contributed by atoms with van der Waals surface area (Å²) in [7, 11) is 0. The third-order valence-corrected chi connectivity index (χ3v) is 3.60. The quantitative estimate of drug-likeness (QED) is 0.757. The lowest BCUT2D eigenvalue weighted by atomic mass is 10.2. The molecule has 0 aromatic heterocycles. The predicted molar refractivity (Wildman–Crippen MR) is 89.2 cm³/mol. The Bertz CT molecular complexity index is 662. The van der Waals surface area contributed by atoms with Crippen LogP contribution in [-0.2, 0) is 17.9 Å². The van der Waals surface area contributed by atoms with Crippen LogP contribution in [0.5, 0.6) is 0 Å². The van der Waals surface area contributed by atoms with E-state index in [9.17, 15) is 4.79 Å². The number of carbonyl (C=O) groups is 1. The zero-order valence-corrected chi connectivity index (χ0v) is 13.3. The van der Waals surface area contributed by atoms with Crippen LogP contribution in [0.1, 0.15) is 11.1 Å². The van der Waals surface area contributed by atoms with Gasteiger partial charge < -0.3 is 15.7 Å². The summed E-state index contributed by atoms with van der Waals surface area (Å²) in [5.41, 5.74) is 2.28. The second-order valence-electron chi connectivity index (χ2n) is 4.73. The molecule has 0 atom stereocenters. The number of anilines is 1. The van der Waals surface area contributed by atoms with Crippen molar-refractivity contribution in [1.29, 1.82) is 0 Å². The van der Waals surface area contributed by atoms with Gasteiger partial charge in [-0.25, -0.2) is 0 Å². The van der Waals surface area contributed by atoms with Gasteiger partial charge >= 0.3 is 0 Å². The van der Waals surface area contributed by atoms with E-state index in [1.54, 1.807) is 30.3 Å². The van der Waals surface area contributed by atoms with Gasteiger partial charge in [-0.05, 0) is 35.4 Å². The van der Waals surface area contributed by atoms with Crippen molar-refractivity contribution < 1.29 is 9.90 Å². The number of aliphatic hydroxyl groups is 1. The highest BCUT2D eigenvalue weighted by atomic mass is 35.5. The number of hydrogen-bond donors (Lipinski definition) is 3. The van der Waals surface area contributed by atoms with Gasteiger partial charge in [-0.1, -0.05) is 41.4 Å². The van der Waals surface area contributed by atoms with Crippen molar-refractivity contribution in [3.05, 3.63) is 63.6 Å². The molecule has 0 unspecified atom stereocenters. The highest BCUT2D eigenvalue weighted by Gasteiger charge is 2.05. The van der Waals surface area contributed by atoms with E-state index in [0.29, 0.717) is 22.3 Å². The van der Waals surface area contributed by atoms with E-state index in [1.165, 1.54) is 0 Å². The fourth-order valence-electron chi connectivity index (χ4n) is 1.89. The summed E-state index contributed by atoms with van der Waals surface area (Å²) >= 11 is 11.9. The first-order valence-electron chi connectivity index (χ1n) is 6.73. The van der Waals surface area contributed by atoms with Crippen molar-refractivity contribution in [3.8, 4) is 0 Å². The highest BCUT2D eigenvalue weighted by molar-refractivity contribution is 6.33. The number of aliphatic hydroxyl groups excluding tert-OH is 1. The Balaban J connectivity index is 1.85. The maximum Gasteiger partial charge on any atom is 0.239 e. The van der Waals surface area contributed by atoms with Crippen molar-refractivity contribution >= 4 is 34.8 Å². The number of amides is 1. The number of nitrogens with one attached hydrogen (secondary N) is 2. The average molecular weight is 339 g/mol. The van der Waals surface area contributed by atoms with Gasteiger partial charge in [0, 0.05) is 11.6 Å². The molecule has 0 heterocycles. The summed E-state index contributed by atoms with van der Waals surface area (Å²) in [4.78, 5) is 11.8. The lowest BCUT2D eigenvalue weighted by molar-refractivity contribution is -0.119. The summed E-state index contributed by atoms with van der Waals surface area (Å²) in [6.45, 7) is 0.424. The predicted octanol–water partition coefficient (Wildman–Crippen LogP) is 3.21. The van der Waals surface area contributed by atoms with E-state index in [4.69, 9.17) is 28.3 Å². The molecule has 0 aliphatic carbocycles. The first kappa shape index (κ1) is 16.6. The fraction of sp³-hybridized carbons (Fsp3) is 0.188. The van der Waals surface area contributed by atoms with E-state index < -0.39 is 0 Å². The number of halogens is 2. The number of benzene rings is 2. The second-order valence-corrected chi connectivity index (χ2v) is 5.58. The monoisotopic (exact) mass is 338 g/mol. The SMILES string of the molecule is O=C(CNc1cc(CO)ccc1Cl)NCc1cccc(Cl)c1. The lowest BCUT2D eigenvalue weighted by Crippen LogP contribution is -2.29. The molecule has 0 fully saturated rings. The first-order valence-corrected chi connectivity index (χ1v) is 7.48. The topological polar surface area (TPSA) is 61.4 Å². The molecule has 6 heteroatoms. The van der Waals surface area contributed by atoms with Gasteiger partial charge in [0.1, 0.15) is 0 Å². The molecule has 2 aromatic carbocycles. The third-order valence-electron chi connectivity index (χ3n) is 3.03. The van der Waals surface area contributed by atoms with E-state index in [-0.39, 0.29) is 19.1 Å². The smallest absolute Gasteiger partial charge is 0.239 e. The molecule has 22 heavy (non-hydrogen) atoms. The zero-order valence-electron chi connectivity index (χ0n) is 11.8. The van der Waals surface area contributed by atoms with Gasteiger partial charge in [0.05, 0.1) is 23.9 Å². The molecule has 0 saturated carbocycles. The Kier molecular flexibility index (Phi) is 6.07. The highest BCUT2D eigenvalue weighted by Crippen LogP contribution is 2.22. The summed E-state index contributed by atoms with van der Waals surface area (Å²) in [6.07, 6.45) is 0. The number of rotatable bonds is 6. The maximum absolute atomic E-state index is 11.8. The summed E-state index contributed by atoms with van der Waals surface area (Å²) in [5, 5.41) is 16.0. The molecule has 0 aliphatic rings. The van der Waals surface area contributed by atoms with Crippen molar-refractivity contribution in [3.63, 3.8) is 0 Å². The van der Waals surface area contributed by atoms with E-state index in [2.05, 4.69) is 10.6 Å². The molecule has 116 valence electrons. The average Bonchev–Trinajstić information content (AvgIpc) is 2.52. The Morgan fingerprint density at radius 3 is 2.64 bits per heavy atom. The molecule has 0 spiro atoms. The van der Waals surface area contributed by atoms with Gasteiger partial charge in [-0.15, -0.1) is 0 Å². The Labute approximate surface area is 139 Å². The fourth-order valence-corrected chi connectivity index (χ4v) is 2.29. The Morgan fingerprint density at radius 2 is 1.91 bits per heavy atom. The van der Waals surface area contributed by atoms with Gasteiger partial charge in [0.2, 0.25) is 5.91 Å². The van der Waals surface area contributed by atoms with Crippen molar-refractivity contribution in [1.82, 2.24) is 5.32 Å². The molecule has 0 bridgehead atoms. The minimum Gasteiger partial charge on any atom is -0.392 e. The normalized spacial score (nSPS) is 10.3. The van der Waals surface area contributed by atoms with Gasteiger partial charge in [0.15, 0.2) is 0 Å². The Morgan fingerprint density at radius 1 is 1.09 bits per heavy atom. The standard InChI is InChI=1S/C16H16Cl2N2O2/c17-13-3-1-2-11(6-13)8-20-16(22)9-19-15-7-12(10-21)4-5-14(15)18/h1-7,19,21H,8-10H2,(H,20,22). The van der Waals surface area contributed by atoms with Crippen LogP contribution in [0.25, 0.3) is 0 Å². The van der Waals surface area contributed by atoms with Gasteiger partial charge in [-0.2, -0.15) is 0 Å². The zero-order chi connectivity index (χ0) is 15.9. The van der Waals surface area contributed by atoms with Crippen LogP contribution in [0.3, 0.4) is 0 Å². The second kappa shape index (κ2) is 8.03.